The van der Waals surface area contributed by atoms with Gasteiger partial charge in [0.05, 0.1) is 17.0 Å². The van der Waals surface area contributed by atoms with Gasteiger partial charge < -0.3 is 20.7 Å². The average Bonchev–Trinajstić information content (AvgIpc) is 3.57. The Hall–Kier alpha value is -4.09. The molecule has 0 radical (unpaired) electrons. The number of rotatable bonds is 9. The number of halogens is 2. The molecule has 0 saturated heterocycles. The van der Waals surface area contributed by atoms with Crippen molar-refractivity contribution in [3.8, 4) is 0 Å². The highest BCUT2D eigenvalue weighted by Crippen LogP contribution is 2.31. The lowest BCUT2D eigenvalue weighted by molar-refractivity contribution is -0.384. The molecule has 32 heavy (non-hydrogen) atoms. The summed E-state index contributed by atoms with van der Waals surface area (Å²) >= 11 is 0. The average molecular weight is 448 g/mol. The molecule has 2 aromatic carbocycles. The maximum Gasteiger partial charge on any atom is 0.338 e. The minimum atomic E-state index is -1.14. The van der Waals surface area contributed by atoms with E-state index in [-0.39, 0.29) is 23.0 Å². The van der Waals surface area contributed by atoms with Gasteiger partial charge in [-0.15, -0.1) is 0 Å². The summed E-state index contributed by atoms with van der Waals surface area (Å²) in [6.07, 6.45) is 1.82. The summed E-state index contributed by atoms with van der Waals surface area (Å²) < 4.78 is 30.8. The molecule has 0 bridgehead atoms. The molecule has 2 amide bonds. The zero-order valence-corrected chi connectivity index (χ0v) is 16.5. The van der Waals surface area contributed by atoms with Crippen molar-refractivity contribution in [2.45, 2.75) is 18.9 Å². The number of nitrogens with zero attached hydrogens (tertiary/aromatic N) is 1. The second-order valence-electron chi connectivity index (χ2n) is 6.94. The smallest absolute Gasteiger partial charge is 0.338 e. The first-order valence-electron chi connectivity index (χ1n) is 9.46. The van der Waals surface area contributed by atoms with E-state index in [9.17, 15) is 33.3 Å². The molecule has 0 heterocycles. The zero-order chi connectivity index (χ0) is 23.3. The van der Waals surface area contributed by atoms with E-state index in [1.807, 2.05) is 0 Å². The van der Waals surface area contributed by atoms with Crippen molar-refractivity contribution in [2.24, 2.45) is 0 Å². The fraction of sp³-hybridized carbons (Fsp3) is 0.250. The van der Waals surface area contributed by atoms with Crippen LogP contribution in [0.2, 0.25) is 0 Å². The normalized spacial score (nSPS) is 12.6. The third kappa shape index (κ3) is 6.20. The molecule has 0 aliphatic heterocycles. The number of benzene rings is 2. The highest BCUT2D eigenvalue weighted by molar-refractivity contribution is 5.96. The van der Waals surface area contributed by atoms with Crippen molar-refractivity contribution in [2.75, 3.05) is 23.8 Å². The summed E-state index contributed by atoms with van der Waals surface area (Å²) in [5, 5.41) is 18.7. The van der Waals surface area contributed by atoms with Crippen molar-refractivity contribution >= 4 is 34.8 Å². The van der Waals surface area contributed by atoms with E-state index in [0.717, 1.165) is 37.1 Å². The Morgan fingerprint density at radius 1 is 1.06 bits per heavy atom. The summed E-state index contributed by atoms with van der Waals surface area (Å²) in [5.41, 5.74) is -0.110. The molecule has 12 heteroatoms. The largest absolute Gasteiger partial charge is 0.452 e. The molecule has 0 atom stereocenters. The van der Waals surface area contributed by atoms with Gasteiger partial charge in [0, 0.05) is 23.9 Å². The van der Waals surface area contributed by atoms with E-state index in [0.29, 0.717) is 5.69 Å². The molecule has 0 unspecified atom stereocenters. The minimum absolute atomic E-state index is 0.00390. The predicted octanol–water partition coefficient (Wildman–Crippen LogP) is 2.36. The molecule has 3 rings (SSSR count). The maximum atomic E-state index is 13.1. The van der Waals surface area contributed by atoms with Gasteiger partial charge in [0.15, 0.2) is 18.2 Å². The van der Waals surface area contributed by atoms with Crippen LogP contribution >= 0.6 is 0 Å². The number of esters is 1. The van der Waals surface area contributed by atoms with E-state index in [2.05, 4.69) is 16.0 Å². The number of carbonyl (C=O) groups is 3. The topological polar surface area (TPSA) is 140 Å². The van der Waals surface area contributed by atoms with Gasteiger partial charge in [0.25, 0.3) is 11.6 Å². The monoisotopic (exact) mass is 448 g/mol. The van der Waals surface area contributed by atoms with Crippen LogP contribution in [0.5, 0.6) is 0 Å². The van der Waals surface area contributed by atoms with Gasteiger partial charge in [0.2, 0.25) is 5.91 Å². The molecule has 168 valence electrons. The Kier molecular flexibility index (Phi) is 6.93. The number of hydrogen-bond donors (Lipinski definition) is 3. The quantitative estimate of drug-likeness (QED) is 0.304. The van der Waals surface area contributed by atoms with Crippen LogP contribution in [0.25, 0.3) is 0 Å². The van der Waals surface area contributed by atoms with Crippen LogP contribution in [0.1, 0.15) is 23.2 Å². The van der Waals surface area contributed by atoms with E-state index in [4.69, 9.17) is 4.74 Å². The van der Waals surface area contributed by atoms with Crippen LogP contribution in [0.3, 0.4) is 0 Å². The minimum Gasteiger partial charge on any atom is -0.452 e. The third-order valence-electron chi connectivity index (χ3n) is 4.35. The zero-order valence-electron chi connectivity index (χ0n) is 16.5. The van der Waals surface area contributed by atoms with Crippen molar-refractivity contribution in [1.82, 2.24) is 5.32 Å². The van der Waals surface area contributed by atoms with Crippen LogP contribution < -0.4 is 16.0 Å². The number of ether oxygens (including phenoxy) is 1. The fourth-order valence-corrected chi connectivity index (χ4v) is 2.60. The SMILES string of the molecule is O=C(COC(=O)c1ccc(NC2CC2)c([N+](=O)[O-])c1)NCC(=O)Nc1ccc(F)c(F)c1. The van der Waals surface area contributed by atoms with Crippen molar-refractivity contribution < 1.29 is 32.8 Å². The Morgan fingerprint density at radius 2 is 1.81 bits per heavy atom. The first kappa shape index (κ1) is 22.6. The number of nitro groups is 1. The van der Waals surface area contributed by atoms with E-state index in [1.165, 1.54) is 12.1 Å². The molecule has 0 spiro atoms. The van der Waals surface area contributed by atoms with Crippen LogP contribution in [0.4, 0.5) is 25.8 Å². The Labute approximate surface area is 180 Å². The third-order valence-corrected chi connectivity index (χ3v) is 4.35. The van der Waals surface area contributed by atoms with Crippen molar-refractivity contribution in [3.63, 3.8) is 0 Å². The van der Waals surface area contributed by atoms with Gasteiger partial charge in [0.1, 0.15) is 5.69 Å². The Balaban J connectivity index is 1.47. The van der Waals surface area contributed by atoms with Crippen LogP contribution in [0, 0.1) is 21.7 Å². The molecule has 1 saturated carbocycles. The summed E-state index contributed by atoms with van der Waals surface area (Å²) in [7, 11) is 0. The van der Waals surface area contributed by atoms with Crippen LogP contribution in [-0.4, -0.2) is 41.9 Å². The maximum absolute atomic E-state index is 13.1. The van der Waals surface area contributed by atoms with Gasteiger partial charge in [-0.1, -0.05) is 0 Å². The number of amides is 2. The number of anilines is 2. The molecule has 1 aliphatic carbocycles. The number of hydrogen-bond acceptors (Lipinski definition) is 7. The second kappa shape index (κ2) is 9.81. The van der Waals surface area contributed by atoms with Gasteiger partial charge >= 0.3 is 5.97 Å². The van der Waals surface area contributed by atoms with E-state index >= 15 is 0 Å². The number of carbonyl (C=O) groups excluding carboxylic acids is 3. The molecule has 2 aromatic rings. The first-order chi connectivity index (χ1) is 15.2. The van der Waals surface area contributed by atoms with Crippen LogP contribution in [0.15, 0.2) is 36.4 Å². The second-order valence-corrected chi connectivity index (χ2v) is 6.94. The highest BCUT2D eigenvalue weighted by Gasteiger charge is 2.26. The summed E-state index contributed by atoms with van der Waals surface area (Å²) in [6.45, 7) is -1.24. The molecule has 1 fully saturated rings. The highest BCUT2D eigenvalue weighted by atomic mass is 19.2. The Bertz CT molecular complexity index is 1070. The number of nitro benzene ring substituents is 1. The van der Waals surface area contributed by atoms with Gasteiger partial charge in [-0.2, -0.15) is 0 Å². The standard InChI is InChI=1S/C20H18F2N4O6/c21-14-5-4-13(8-15(14)22)25-18(27)9-23-19(28)10-32-20(29)11-1-6-16(24-12-2-3-12)17(7-11)26(30)31/h1,4-8,12,24H,2-3,9-10H2,(H,23,28)(H,25,27). The first-order valence-corrected chi connectivity index (χ1v) is 9.46. The molecule has 1 aliphatic rings. The molecule has 3 N–H and O–H groups in total. The lowest BCUT2D eigenvalue weighted by atomic mass is 10.1. The van der Waals surface area contributed by atoms with E-state index < -0.39 is 47.5 Å². The van der Waals surface area contributed by atoms with Gasteiger partial charge in [-0.25, -0.2) is 13.6 Å². The van der Waals surface area contributed by atoms with Gasteiger partial charge in [-0.3, -0.25) is 19.7 Å². The molecular weight excluding hydrogens is 430 g/mol. The lowest BCUT2D eigenvalue weighted by Gasteiger charge is -2.09. The Morgan fingerprint density at radius 3 is 2.47 bits per heavy atom. The summed E-state index contributed by atoms with van der Waals surface area (Å²) in [5.74, 6) is -4.69. The van der Waals surface area contributed by atoms with Crippen LogP contribution in [-0.2, 0) is 14.3 Å². The lowest BCUT2D eigenvalue weighted by Crippen LogP contribution is -2.35. The predicted molar refractivity (Wildman–Crippen MR) is 108 cm³/mol. The van der Waals surface area contributed by atoms with E-state index in [1.54, 1.807) is 0 Å². The van der Waals surface area contributed by atoms with Gasteiger partial charge in [-0.05, 0) is 37.1 Å². The summed E-state index contributed by atoms with van der Waals surface area (Å²) in [6, 6.07) is 6.73. The molecule has 0 aromatic heterocycles. The van der Waals surface area contributed by atoms with Crippen molar-refractivity contribution in [3.05, 3.63) is 63.7 Å². The fourth-order valence-electron chi connectivity index (χ4n) is 2.60. The number of nitrogens with one attached hydrogen (secondary N) is 3. The van der Waals surface area contributed by atoms with Crippen molar-refractivity contribution in [1.29, 1.82) is 0 Å². The molecule has 10 nitrogen and oxygen atoms in total. The summed E-state index contributed by atoms with van der Waals surface area (Å²) in [4.78, 5) is 46.3. The molecular formula is C20H18F2N4O6.